The van der Waals surface area contributed by atoms with Gasteiger partial charge in [0.05, 0.1) is 19.8 Å². The molecule has 0 unspecified atom stereocenters. The number of hydrogen-bond acceptors (Lipinski definition) is 4. The molecule has 0 spiro atoms. The summed E-state index contributed by atoms with van der Waals surface area (Å²) in [5.41, 5.74) is 0. The number of ketones is 1. The Hall–Kier alpha value is -0.940. The molecule has 0 saturated carbocycles. The van der Waals surface area contributed by atoms with Crippen molar-refractivity contribution in [3.8, 4) is 0 Å². The van der Waals surface area contributed by atoms with Crippen LogP contribution in [0.3, 0.4) is 0 Å². The number of carbonyl (C=O) groups is 2. The quantitative estimate of drug-likeness (QED) is 0.386. The molecule has 0 bridgehead atoms. The lowest BCUT2D eigenvalue weighted by Gasteiger charge is -2.07. The first-order valence-corrected chi connectivity index (χ1v) is 9.58. The maximum atomic E-state index is 11.6. The van der Waals surface area contributed by atoms with Gasteiger partial charge >= 0.3 is 0 Å². The number of hydrogen-bond donors (Lipinski definition) is 1. The van der Waals surface area contributed by atoms with Crippen LogP contribution >= 0.6 is 0 Å². The lowest BCUT2D eigenvalue weighted by Crippen LogP contribution is -2.27. The van der Waals surface area contributed by atoms with Gasteiger partial charge in [-0.15, -0.1) is 0 Å². The summed E-state index contributed by atoms with van der Waals surface area (Å²) in [6.07, 6.45) is 12.0. The van der Waals surface area contributed by atoms with E-state index in [1.165, 1.54) is 51.9 Å². The maximum Gasteiger partial charge on any atom is 0.220 e. The van der Waals surface area contributed by atoms with E-state index in [1.807, 2.05) is 0 Å². The summed E-state index contributed by atoms with van der Waals surface area (Å²) in [6.45, 7) is 5.73. The van der Waals surface area contributed by atoms with Gasteiger partial charge in [-0.25, -0.2) is 0 Å². The second kappa shape index (κ2) is 18.4. The molecular weight excluding hydrogens is 306 g/mol. The van der Waals surface area contributed by atoms with Crippen LogP contribution in [0.1, 0.15) is 78.1 Å². The number of rotatable bonds is 18. The van der Waals surface area contributed by atoms with E-state index < -0.39 is 0 Å². The molecule has 0 saturated heterocycles. The van der Waals surface area contributed by atoms with E-state index in [0.29, 0.717) is 32.8 Å². The Morgan fingerprint density at radius 3 is 2.00 bits per heavy atom. The molecule has 0 aliphatic carbocycles. The van der Waals surface area contributed by atoms with Gasteiger partial charge in [-0.3, -0.25) is 9.59 Å². The Morgan fingerprint density at radius 2 is 1.38 bits per heavy atom. The van der Waals surface area contributed by atoms with E-state index in [4.69, 9.17) is 9.47 Å². The predicted molar refractivity (Wildman–Crippen MR) is 97.2 cm³/mol. The van der Waals surface area contributed by atoms with Crippen molar-refractivity contribution >= 4 is 11.7 Å². The third-order valence-corrected chi connectivity index (χ3v) is 3.75. The molecule has 0 aliphatic heterocycles. The van der Waals surface area contributed by atoms with Crippen molar-refractivity contribution < 1.29 is 19.1 Å². The van der Waals surface area contributed by atoms with Crippen LogP contribution in [0.4, 0.5) is 0 Å². The summed E-state index contributed by atoms with van der Waals surface area (Å²) < 4.78 is 10.4. The SMILES string of the molecule is CCCCCCCCCCCC(=O)NCCOCCOCC(C)=O. The van der Waals surface area contributed by atoms with Gasteiger partial charge in [0.25, 0.3) is 0 Å². The van der Waals surface area contributed by atoms with Crippen LogP contribution < -0.4 is 5.32 Å². The molecule has 1 N–H and O–H groups in total. The zero-order chi connectivity index (χ0) is 17.9. The van der Waals surface area contributed by atoms with Crippen molar-refractivity contribution in [2.24, 2.45) is 0 Å². The molecule has 24 heavy (non-hydrogen) atoms. The van der Waals surface area contributed by atoms with E-state index in [1.54, 1.807) is 0 Å². The minimum Gasteiger partial charge on any atom is -0.377 e. The Labute approximate surface area is 147 Å². The highest BCUT2D eigenvalue weighted by atomic mass is 16.5. The first-order valence-electron chi connectivity index (χ1n) is 9.58. The van der Waals surface area contributed by atoms with Crippen molar-refractivity contribution in [3.05, 3.63) is 0 Å². The molecule has 0 rings (SSSR count). The Morgan fingerprint density at radius 1 is 0.792 bits per heavy atom. The average Bonchev–Trinajstić information content (AvgIpc) is 2.55. The molecule has 0 radical (unpaired) electrons. The van der Waals surface area contributed by atoms with Crippen LogP contribution in [0.2, 0.25) is 0 Å². The van der Waals surface area contributed by atoms with E-state index >= 15 is 0 Å². The number of Topliss-reactive ketones (excluding diaryl/α,β-unsaturated/α-hetero) is 1. The van der Waals surface area contributed by atoms with Crippen molar-refractivity contribution in [3.63, 3.8) is 0 Å². The third-order valence-electron chi connectivity index (χ3n) is 3.75. The summed E-state index contributed by atoms with van der Waals surface area (Å²) >= 11 is 0. The fourth-order valence-electron chi connectivity index (χ4n) is 2.38. The number of ether oxygens (including phenoxy) is 2. The zero-order valence-corrected chi connectivity index (χ0v) is 15.7. The highest BCUT2D eigenvalue weighted by Crippen LogP contribution is 2.10. The minimum atomic E-state index is 0.0127. The number of carbonyl (C=O) groups excluding carboxylic acids is 2. The first kappa shape index (κ1) is 23.1. The predicted octanol–water partition coefficient (Wildman–Crippen LogP) is 3.65. The molecule has 0 atom stereocenters. The van der Waals surface area contributed by atoms with Gasteiger partial charge in [-0.2, -0.15) is 0 Å². The van der Waals surface area contributed by atoms with E-state index in [0.717, 1.165) is 12.8 Å². The van der Waals surface area contributed by atoms with Gasteiger partial charge in [0.2, 0.25) is 5.91 Å². The molecule has 142 valence electrons. The summed E-state index contributed by atoms with van der Waals surface area (Å²) in [4.78, 5) is 22.3. The lowest BCUT2D eigenvalue weighted by molar-refractivity contribution is -0.123. The molecule has 0 fully saturated rings. The summed E-state index contributed by atoms with van der Waals surface area (Å²) in [6, 6.07) is 0. The molecule has 1 amide bonds. The smallest absolute Gasteiger partial charge is 0.220 e. The second-order valence-corrected chi connectivity index (χ2v) is 6.30. The molecule has 0 aliphatic rings. The Bertz CT molecular complexity index is 308. The summed E-state index contributed by atoms with van der Waals surface area (Å²) in [5.74, 6) is 0.119. The summed E-state index contributed by atoms with van der Waals surface area (Å²) in [5, 5.41) is 2.86. The highest BCUT2D eigenvalue weighted by molar-refractivity contribution is 5.76. The van der Waals surface area contributed by atoms with E-state index in [-0.39, 0.29) is 18.3 Å². The van der Waals surface area contributed by atoms with Crippen LogP contribution in [-0.2, 0) is 19.1 Å². The van der Waals surface area contributed by atoms with Gasteiger partial charge in [0, 0.05) is 13.0 Å². The van der Waals surface area contributed by atoms with Gasteiger partial charge in [0.15, 0.2) is 5.78 Å². The first-order chi connectivity index (χ1) is 11.7. The molecule has 0 heterocycles. The largest absolute Gasteiger partial charge is 0.377 e. The lowest BCUT2D eigenvalue weighted by atomic mass is 10.1. The third kappa shape index (κ3) is 19.1. The van der Waals surface area contributed by atoms with Crippen molar-refractivity contribution in [1.29, 1.82) is 0 Å². The second-order valence-electron chi connectivity index (χ2n) is 6.30. The van der Waals surface area contributed by atoms with Gasteiger partial charge < -0.3 is 14.8 Å². The maximum absolute atomic E-state index is 11.6. The van der Waals surface area contributed by atoms with Crippen LogP contribution in [0, 0.1) is 0 Å². The van der Waals surface area contributed by atoms with Gasteiger partial charge in [-0.05, 0) is 13.3 Å². The zero-order valence-electron chi connectivity index (χ0n) is 15.7. The number of unbranched alkanes of at least 4 members (excludes halogenated alkanes) is 8. The monoisotopic (exact) mass is 343 g/mol. The topological polar surface area (TPSA) is 64.6 Å². The molecular formula is C19H37NO4. The highest BCUT2D eigenvalue weighted by Gasteiger charge is 2.00. The van der Waals surface area contributed by atoms with E-state index in [2.05, 4.69) is 12.2 Å². The minimum absolute atomic E-state index is 0.0127. The molecule has 5 heteroatoms. The number of amides is 1. The van der Waals surface area contributed by atoms with Crippen LogP contribution in [0.15, 0.2) is 0 Å². The van der Waals surface area contributed by atoms with Crippen LogP contribution in [-0.4, -0.2) is 44.7 Å². The fourth-order valence-corrected chi connectivity index (χ4v) is 2.38. The molecule has 0 aromatic heterocycles. The van der Waals surface area contributed by atoms with Crippen molar-refractivity contribution in [2.45, 2.75) is 78.1 Å². The normalized spacial score (nSPS) is 10.8. The summed E-state index contributed by atoms with van der Waals surface area (Å²) in [7, 11) is 0. The Balaban J connectivity index is 3.17. The van der Waals surface area contributed by atoms with Crippen LogP contribution in [0.25, 0.3) is 0 Å². The standard InChI is InChI=1S/C19H37NO4/c1-3-4-5-6-7-8-9-10-11-12-19(22)20-13-14-23-15-16-24-17-18(2)21/h3-17H2,1-2H3,(H,20,22). The number of nitrogens with one attached hydrogen (secondary N) is 1. The van der Waals surface area contributed by atoms with Crippen molar-refractivity contribution in [1.82, 2.24) is 5.32 Å². The molecule has 0 aromatic carbocycles. The average molecular weight is 344 g/mol. The Kier molecular flexibility index (Phi) is 17.7. The van der Waals surface area contributed by atoms with E-state index in [9.17, 15) is 9.59 Å². The van der Waals surface area contributed by atoms with Crippen LogP contribution in [0.5, 0.6) is 0 Å². The van der Waals surface area contributed by atoms with Gasteiger partial charge in [0.1, 0.15) is 6.61 Å². The fraction of sp³-hybridized carbons (Fsp3) is 0.895. The molecule has 0 aromatic rings. The molecule has 5 nitrogen and oxygen atoms in total. The van der Waals surface area contributed by atoms with Gasteiger partial charge in [-0.1, -0.05) is 58.3 Å². The van der Waals surface area contributed by atoms with Crippen molar-refractivity contribution in [2.75, 3.05) is 33.0 Å².